The fraction of sp³-hybridized carbons (Fsp3) is 0.368. The minimum atomic E-state index is -0.327. The molecule has 0 spiro atoms. The second-order valence-corrected chi connectivity index (χ2v) is 5.19. The summed E-state index contributed by atoms with van der Waals surface area (Å²) in [5.41, 5.74) is 2.45. The maximum Gasteiger partial charge on any atom is 0.338 e. The molecule has 0 saturated heterocycles. The van der Waals surface area contributed by atoms with Gasteiger partial charge in [-0.1, -0.05) is 6.92 Å². The smallest absolute Gasteiger partial charge is 0.338 e. The van der Waals surface area contributed by atoms with Crippen molar-refractivity contribution in [3.8, 4) is 11.5 Å². The molecule has 5 heteroatoms. The second-order valence-electron chi connectivity index (χ2n) is 5.19. The molecule has 2 aromatic rings. The largest absolute Gasteiger partial charge is 0.490 e. The van der Waals surface area contributed by atoms with Crippen molar-refractivity contribution < 1.29 is 19.0 Å². The molecule has 0 atom stereocenters. The van der Waals surface area contributed by atoms with Crippen LogP contribution < -0.4 is 9.47 Å². The third kappa shape index (κ3) is 4.98. The molecule has 0 bridgehead atoms. The molecule has 128 valence electrons. The summed E-state index contributed by atoms with van der Waals surface area (Å²) in [6.07, 6.45) is 0.827. The van der Waals surface area contributed by atoms with Gasteiger partial charge in [0.05, 0.1) is 17.9 Å². The third-order valence-corrected chi connectivity index (χ3v) is 3.38. The summed E-state index contributed by atoms with van der Waals surface area (Å²) < 4.78 is 16.3. The van der Waals surface area contributed by atoms with E-state index in [1.165, 1.54) is 0 Å². The minimum Gasteiger partial charge on any atom is -0.490 e. The third-order valence-electron chi connectivity index (χ3n) is 3.38. The molecule has 0 amide bonds. The molecule has 24 heavy (non-hydrogen) atoms. The Labute approximate surface area is 142 Å². The van der Waals surface area contributed by atoms with E-state index < -0.39 is 0 Å². The van der Waals surface area contributed by atoms with E-state index in [9.17, 15) is 4.79 Å². The van der Waals surface area contributed by atoms with Gasteiger partial charge in [0.2, 0.25) is 0 Å². The normalized spacial score (nSPS) is 10.3. The number of hydrogen-bond acceptors (Lipinski definition) is 5. The van der Waals surface area contributed by atoms with Crippen molar-refractivity contribution in [1.82, 2.24) is 4.98 Å². The van der Waals surface area contributed by atoms with Crippen LogP contribution in [0.25, 0.3) is 0 Å². The van der Waals surface area contributed by atoms with Crippen LogP contribution in [0, 0.1) is 6.92 Å². The summed E-state index contributed by atoms with van der Waals surface area (Å²) >= 11 is 0. The Morgan fingerprint density at radius 1 is 1.00 bits per heavy atom. The molecule has 1 aromatic heterocycles. The van der Waals surface area contributed by atoms with Gasteiger partial charge in [0, 0.05) is 5.69 Å². The standard InChI is InChI=1S/C19H23NO4/c1-4-17-18(11-6-14(3)20-17)24-13-12-23-16-9-7-15(8-10-16)19(21)22-5-2/h6-11H,4-5,12-13H2,1-3H3. The summed E-state index contributed by atoms with van der Waals surface area (Å²) in [6.45, 7) is 7.00. The zero-order chi connectivity index (χ0) is 17.4. The Balaban J connectivity index is 1.81. The number of pyridine rings is 1. The van der Waals surface area contributed by atoms with Crippen LogP contribution in [0.15, 0.2) is 36.4 Å². The van der Waals surface area contributed by atoms with Crippen molar-refractivity contribution in [3.05, 3.63) is 53.3 Å². The second kappa shape index (κ2) is 8.91. The molecule has 0 aliphatic heterocycles. The van der Waals surface area contributed by atoms with Crippen molar-refractivity contribution in [2.24, 2.45) is 0 Å². The number of hydrogen-bond donors (Lipinski definition) is 0. The van der Waals surface area contributed by atoms with Gasteiger partial charge >= 0.3 is 5.97 Å². The van der Waals surface area contributed by atoms with E-state index in [1.54, 1.807) is 31.2 Å². The topological polar surface area (TPSA) is 57.7 Å². The van der Waals surface area contributed by atoms with Gasteiger partial charge in [-0.05, 0) is 56.7 Å². The van der Waals surface area contributed by atoms with Crippen LogP contribution in [0.3, 0.4) is 0 Å². The first kappa shape index (κ1) is 17.8. The predicted molar refractivity (Wildman–Crippen MR) is 91.7 cm³/mol. The lowest BCUT2D eigenvalue weighted by molar-refractivity contribution is 0.0526. The van der Waals surface area contributed by atoms with Crippen LogP contribution in [0.4, 0.5) is 0 Å². The van der Waals surface area contributed by atoms with Gasteiger partial charge in [-0.2, -0.15) is 0 Å². The number of aryl methyl sites for hydroxylation is 2. The van der Waals surface area contributed by atoms with Gasteiger partial charge in [-0.3, -0.25) is 4.98 Å². The molecule has 1 aromatic carbocycles. The summed E-state index contributed by atoms with van der Waals surface area (Å²) in [4.78, 5) is 16.0. The maximum atomic E-state index is 11.6. The summed E-state index contributed by atoms with van der Waals surface area (Å²) in [5, 5.41) is 0. The first-order chi connectivity index (χ1) is 11.6. The van der Waals surface area contributed by atoms with Gasteiger partial charge in [0.25, 0.3) is 0 Å². The number of carbonyl (C=O) groups excluding carboxylic acids is 1. The minimum absolute atomic E-state index is 0.327. The average molecular weight is 329 g/mol. The van der Waals surface area contributed by atoms with Crippen molar-refractivity contribution in [2.75, 3.05) is 19.8 Å². The summed E-state index contributed by atoms with van der Waals surface area (Å²) in [6, 6.07) is 10.7. The monoisotopic (exact) mass is 329 g/mol. The summed E-state index contributed by atoms with van der Waals surface area (Å²) in [5.74, 6) is 1.15. The number of rotatable bonds is 8. The molecule has 0 unspecified atom stereocenters. The Bertz CT molecular complexity index is 668. The van der Waals surface area contributed by atoms with Crippen molar-refractivity contribution >= 4 is 5.97 Å². The lowest BCUT2D eigenvalue weighted by Crippen LogP contribution is -2.11. The lowest BCUT2D eigenvalue weighted by atomic mass is 10.2. The van der Waals surface area contributed by atoms with Crippen LogP contribution >= 0.6 is 0 Å². The molecule has 0 N–H and O–H groups in total. The Morgan fingerprint density at radius 3 is 2.38 bits per heavy atom. The van der Waals surface area contributed by atoms with E-state index in [-0.39, 0.29) is 5.97 Å². The van der Waals surface area contributed by atoms with Crippen LogP contribution in [-0.2, 0) is 11.2 Å². The Hall–Kier alpha value is -2.56. The highest BCUT2D eigenvalue weighted by Gasteiger charge is 2.06. The molecule has 1 heterocycles. The van der Waals surface area contributed by atoms with E-state index in [4.69, 9.17) is 14.2 Å². The fourth-order valence-electron chi connectivity index (χ4n) is 2.20. The number of benzene rings is 1. The van der Waals surface area contributed by atoms with E-state index in [1.807, 2.05) is 19.1 Å². The van der Waals surface area contributed by atoms with E-state index in [0.29, 0.717) is 31.1 Å². The highest BCUT2D eigenvalue weighted by Crippen LogP contribution is 2.18. The maximum absolute atomic E-state index is 11.6. The molecule has 5 nitrogen and oxygen atoms in total. The van der Waals surface area contributed by atoms with Gasteiger partial charge in [0.15, 0.2) is 0 Å². The van der Waals surface area contributed by atoms with Crippen molar-refractivity contribution in [2.45, 2.75) is 27.2 Å². The zero-order valence-corrected chi connectivity index (χ0v) is 14.4. The van der Waals surface area contributed by atoms with Crippen molar-refractivity contribution in [1.29, 1.82) is 0 Å². The van der Waals surface area contributed by atoms with E-state index >= 15 is 0 Å². The van der Waals surface area contributed by atoms with Crippen molar-refractivity contribution in [3.63, 3.8) is 0 Å². The van der Waals surface area contributed by atoms with Crippen LogP contribution in [0.1, 0.15) is 35.6 Å². The summed E-state index contributed by atoms with van der Waals surface area (Å²) in [7, 11) is 0. The first-order valence-electron chi connectivity index (χ1n) is 8.13. The van der Waals surface area contributed by atoms with E-state index in [0.717, 1.165) is 23.6 Å². The van der Waals surface area contributed by atoms with E-state index in [2.05, 4.69) is 11.9 Å². The molecule has 0 fully saturated rings. The Morgan fingerprint density at radius 2 is 1.71 bits per heavy atom. The zero-order valence-electron chi connectivity index (χ0n) is 14.4. The molecule has 0 aliphatic rings. The number of ether oxygens (including phenoxy) is 3. The SMILES string of the molecule is CCOC(=O)c1ccc(OCCOc2ccc(C)nc2CC)cc1. The fourth-order valence-corrected chi connectivity index (χ4v) is 2.20. The van der Waals surface area contributed by atoms with Crippen LogP contribution in [0.2, 0.25) is 0 Å². The van der Waals surface area contributed by atoms with Gasteiger partial charge in [-0.15, -0.1) is 0 Å². The molecule has 0 aliphatic carbocycles. The highest BCUT2D eigenvalue weighted by atomic mass is 16.5. The van der Waals surface area contributed by atoms with Gasteiger partial charge in [-0.25, -0.2) is 4.79 Å². The number of nitrogens with zero attached hydrogens (tertiary/aromatic N) is 1. The number of aromatic nitrogens is 1. The molecule has 0 radical (unpaired) electrons. The number of carbonyl (C=O) groups is 1. The quantitative estimate of drug-likeness (QED) is 0.547. The first-order valence-corrected chi connectivity index (χ1v) is 8.13. The number of esters is 1. The average Bonchev–Trinajstić information content (AvgIpc) is 2.60. The Kier molecular flexibility index (Phi) is 6.61. The highest BCUT2D eigenvalue weighted by molar-refractivity contribution is 5.89. The van der Waals surface area contributed by atoms with Crippen LogP contribution in [-0.4, -0.2) is 30.8 Å². The molecular weight excluding hydrogens is 306 g/mol. The lowest BCUT2D eigenvalue weighted by Gasteiger charge is -2.11. The predicted octanol–water partition coefficient (Wildman–Crippen LogP) is 3.59. The van der Waals surface area contributed by atoms with Gasteiger partial charge in [0.1, 0.15) is 24.7 Å². The molecule has 0 saturated carbocycles. The van der Waals surface area contributed by atoms with Crippen LogP contribution in [0.5, 0.6) is 11.5 Å². The molecular formula is C19H23NO4. The molecule has 2 rings (SSSR count). The van der Waals surface area contributed by atoms with Gasteiger partial charge < -0.3 is 14.2 Å².